The molecule has 0 bridgehead atoms. The summed E-state index contributed by atoms with van der Waals surface area (Å²) in [6, 6.07) is 12.8. The minimum Gasteiger partial charge on any atom is -0.388 e. The molecule has 172 valence electrons. The number of hydrogen-bond acceptors (Lipinski definition) is 5. The molecular formula is C24H25Cl2N5O2. The number of carbonyl (C=O) groups is 1. The molecule has 0 unspecified atom stereocenters. The number of aromatic nitrogens is 4. The number of nitrogens with zero attached hydrogens (tertiary/aromatic N) is 5. The number of halogens is 2. The maximum absolute atomic E-state index is 12.8. The third kappa shape index (κ3) is 5.99. The lowest BCUT2D eigenvalue weighted by Crippen LogP contribution is -2.38. The van der Waals surface area contributed by atoms with Crippen LogP contribution in [0.1, 0.15) is 41.5 Å². The van der Waals surface area contributed by atoms with E-state index in [1.54, 1.807) is 37.3 Å². The zero-order valence-electron chi connectivity index (χ0n) is 18.2. The molecule has 0 radical (unpaired) electrons. The highest BCUT2D eigenvalue weighted by Crippen LogP contribution is 2.31. The Labute approximate surface area is 202 Å². The normalized spacial score (nSPS) is 15.8. The van der Waals surface area contributed by atoms with Gasteiger partial charge < -0.3 is 10.0 Å². The van der Waals surface area contributed by atoms with Crippen LogP contribution >= 0.6 is 23.2 Å². The van der Waals surface area contributed by atoms with Gasteiger partial charge in [-0.15, -0.1) is 10.2 Å². The summed E-state index contributed by atoms with van der Waals surface area (Å²) in [6.07, 6.45) is 4.32. The Morgan fingerprint density at radius 1 is 1.15 bits per heavy atom. The fraction of sp³-hybridized carbons (Fsp3) is 0.333. The van der Waals surface area contributed by atoms with Crippen LogP contribution in [0.15, 0.2) is 48.5 Å². The van der Waals surface area contributed by atoms with E-state index in [2.05, 4.69) is 15.4 Å². The van der Waals surface area contributed by atoms with Crippen LogP contribution in [0.4, 0.5) is 0 Å². The fourth-order valence-electron chi connectivity index (χ4n) is 4.05. The molecule has 1 N–H and O–H groups in total. The Hall–Kier alpha value is -2.74. The van der Waals surface area contributed by atoms with Crippen LogP contribution in [0, 0.1) is 12.8 Å². The Bertz CT molecular complexity index is 1140. The molecule has 1 aliphatic rings. The van der Waals surface area contributed by atoms with E-state index in [0.717, 1.165) is 29.5 Å². The van der Waals surface area contributed by atoms with Crippen LogP contribution in [-0.2, 0) is 11.3 Å². The van der Waals surface area contributed by atoms with E-state index in [1.165, 1.54) is 4.80 Å². The van der Waals surface area contributed by atoms with Gasteiger partial charge in [0, 0.05) is 29.2 Å². The number of likely N-dealkylation sites (tertiary alicyclic amines) is 1. The van der Waals surface area contributed by atoms with Crippen molar-refractivity contribution in [1.82, 2.24) is 25.1 Å². The summed E-state index contributed by atoms with van der Waals surface area (Å²) in [6.45, 7) is 3.39. The molecule has 0 saturated carbocycles. The van der Waals surface area contributed by atoms with Crippen LogP contribution in [-0.4, -0.2) is 49.2 Å². The fourth-order valence-corrected chi connectivity index (χ4v) is 4.37. The molecule has 3 aromatic rings. The molecule has 1 fully saturated rings. The molecule has 1 saturated heterocycles. The number of aliphatic hydroxyl groups excluding tert-OH is 1. The summed E-state index contributed by atoms with van der Waals surface area (Å²) in [4.78, 5) is 16.1. The highest BCUT2D eigenvalue weighted by molar-refractivity contribution is 6.30. The quantitative estimate of drug-likeness (QED) is 0.525. The second-order valence-electron chi connectivity index (χ2n) is 8.20. The van der Waals surface area contributed by atoms with E-state index in [0.29, 0.717) is 35.5 Å². The Morgan fingerprint density at radius 2 is 1.85 bits per heavy atom. The number of benzene rings is 2. The van der Waals surface area contributed by atoms with Crippen molar-refractivity contribution in [1.29, 1.82) is 0 Å². The highest BCUT2D eigenvalue weighted by atomic mass is 35.5. The lowest BCUT2D eigenvalue weighted by Gasteiger charge is -2.34. The molecule has 9 heteroatoms. The van der Waals surface area contributed by atoms with Crippen LogP contribution in [0.3, 0.4) is 0 Å². The first kappa shape index (κ1) is 23.4. The van der Waals surface area contributed by atoms with E-state index >= 15 is 0 Å². The second-order valence-corrected chi connectivity index (χ2v) is 9.08. The van der Waals surface area contributed by atoms with Gasteiger partial charge in [0.1, 0.15) is 0 Å². The number of aliphatic hydroxyl groups is 1. The summed E-state index contributed by atoms with van der Waals surface area (Å²) in [5.41, 5.74) is 2.63. The monoisotopic (exact) mass is 485 g/mol. The van der Waals surface area contributed by atoms with Gasteiger partial charge in [0.2, 0.25) is 5.91 Å². The zero-order chi connectivity index (χ0) is 23.4. The Morgan fingerprint density at radius 3 is 2.52 bits per heavy atom. The summed E-state index contributed by atoms with van der Waals surface area (Å²) < 4.78 is 0. The molecule has 1 aliphatic heterocycles. The lowest BCUT2D eigenvalue weighted by atomic mass is 9.87. The first-order valence-electron chi connectivity index (χ1n) is 10.8. The summed E-state index contributed by atoms with van der Waals surface area (Å²) in [7, 11) is 0. The number of tetrazole rings is 1. The van der Waals surface area contributed by atoms with Gasteiger partial charge in [0.15, 0.2) is 5.82 Å². The van der Waals surface area contributed by atoms with Gasteiger partial charge in [-0.25, -0.2) is 0 Å². The number of piperidine rings is 1. The van der Waals surface area contributed by atoms with Crippen molar-refractivity contribution in [3.05, 3.63) is 81.1 Å². The van der Waals surface area contributed by atoms with Crippen molar-refractivity contribution in [3.8, 4) is 0 Å². The van der Waals surface area contributed by atoms with Gasteiger partial charge in [-0.05, 0) is 77.9 Å². The third-order valence-corrected chi connectivity index (χ3v) is 6.37. The first-order valence-corrected chi connectivity index (χ1v) is 11.6. The van der Waals surface area contributed by atoms with E-state index in [4.69, 9.17) is 23.2 Å². The molecule has 33 heavy (non-hydrogen) atoms. The highest BCUT2D eigenvalue weighted by Gasteiger charge is 2.27. The van der Waals surface area contributed by atoms with Crippen molar-refractivity contribution in [2.75, 3.05) is 13.1 Å². The van der Waals surface area contributed by atoms with Gasteiger partial charge in [0.25, 0.3) is 0 Å². The second kappa shape index (κ2) is 10.5. The van der Waals surface area contributed by atoms with Crippen molar-refractivity contribution < 1.29 is 9.90 Å². The molecule has 1 amide bonds. The summed E-state index contributed by atoms with van der Waals surface area (Å²) in [5.74, 6) is 0.652. The molecule has 1 aromatic heterocycles. The predicted octanol–water partition coefficient (Wildman–Crippen LogP) is 4.32. The van der Waals surface area contributed by atoms with Crippen molar-refractivity contribution >= 4 is 35.2 Å². The Balaban J connectivity index is 1.37. The summed E-state index contributed by atoms with van der Waals surface area (Å²) >= 11 is 12.1. The topological polar surface area (TPSA) is 84.1 Å². The van der Waals surface area contributed by atoms with Gasteiger partial charge in [-0.1, -0.05) is 41.4 Å². The van der Waals surface area contributed by atoms with E-state index in [-0.39, 0.29) is 11.8 Å². The predicted molar refractivity (Wildman–Crippen MR) is 128 cm³/mol. The van der Waals surface area contributed by atoms with Crippen molar-refractivity contribution in [2.24, 2.45) is 5.92 Å². The molecule has 0 aliphatic carbocycles. The summed E-state index contributed by atoms with van der Waals surface area (Å²) in [5, 5.41) is 24.1. The van der Waals surface area contributed by atoms with Gasteiger partial charge in [0.05, 0.1) is 12.6 Å². The Kier molecular flexibility index (Phi) is 7.42. The van der Waals surface area contributed by atoms with Crippen LogP contribution in [0.2, 0.25) is 10.0 Å². The smallest absolute Gasteiger partial charge is 0.246 e. The average molecular weight is 486 g/mol. The molecule has 2 heterocycles. The third-order valence-electron chi connectivity index (χ3n) is 5.88. The maximum Gasteiger partial charge on any atom is 0.246 e. The van der Waals surface area contributed by atoms with Gasteiger partial charge in [-0.2, -0.15) is 4.80 Å². The minimum atomic E-state index is -0.555. The first-order chi connectivity index (χ1) is 15.9. The maximum atomic E-state index is 12.8. The molecular weight excluding hydrogens is 461 g/mol. The van der Waals surface area contributed by atoms with E-state index in [9.17, 15) is 9.90 Å². The number of amides is 1. The van der Waals surface area contributed by atoms with Crippen LogP contribution in [0.5, 0.6) is 0 Å². The van der Waals surface area contributed by atoms with E-state index < -0.39 is 6.10 Å². The van der Waals surface area contributed by atoms with Gasteiger partial charge >= 0.3 is 0 Å². The zero-order valence-corrected chi connectivity index (χ0v) is 19.7. The van der Waals surface area contributed by atoms with Crippen LogP contribution < -0.4 is 0 Å². The number of rotatable bonds is 6. The van der Waals surface area contributed by atoms with E-state index in [1.807, 2.05) is 29.2 Å². The largest absolute Gasteiger partial charge is 0.388 e. The van der Waals surface area contributed by atoms with Crippen molar-refractivity contribution in [3.63, 3.8) is 0 Å². The molecule has 1 atom stereocenters. The molecule has 4 rings (SSSR count). The minimum absolute atomic E-state index is 0.0509. The molecule has 7 nitrogen and oxygen atoms in total. The SMILES string of the molecule is Cc1nnn(Cc2cc(Cl)ccc2/C=C/C(=O)N2CCC([C@H](O)c3ccc(Cl)cc3)CC2)n1. The van der Waals surface area contributed by atoms with Crippen LogP contribution in [0.25, 0.3) is 6.08 Å². The van der Waals surface area contributed by atoms with Gasteiger partial charge in [-0.3, -0.25) is 4.79 Å². The number of hydrogen-bond donors (Lipinski definition) is 1. The lowest BCUT2D eigenvalue weighted by molar-refractivity contribution is -0.127. The van der Waals surface area contributed by atoms with Crippen molar-refractivity contribution in [2.45, 2.75) is 32.4 Å². The average Bonchev–Trinajstić information content (AvgIpc) is 3.23. The number of carbonyl (C=O) groups excluding carboxylic acids is 1. The molecule has 2 aromatic carbocycles. The number of aryl methyl sites for hydroxylation is 1. The molecule has 0 spiro atoms. The standard InChI is InChI=1S/C24H25Cl2N5O2/c1-16-27-29-31(28-16)15-20-14-22(26)8-2-17(20)5-9-23(32)30-12-10-19(11-13-30)24(33)18-3-6-21(25)7-4-18/h2-9,14,19,24,33H,10-13,15H2,1H3/b9-5+/t24-/m1/s1.